The van der Waals surface area contributed by atoms with Crippen molar-refractivity contribution in [3.63, 3.8) is 0 Å². The van der Waals surface area contributed by atoms with E-state index in [-0.39, 0.29) is 0 Å². The molecule has 98 heavy (non-hydrogen) atoms. The predicted molar refractivity (Wildman–Crippen MR) is 415 cm³/mol. The fourth-order valence-corrected chi connectivity index (χ4v) is 16.3. The van der Waals surface area contributed by atoms with Crippen molar-refractivity contribution in [3.8, 4) is 100 Å². The first-order chi connectivity index (χ1) is 48.6. The highest BCUT2D eigenvalue weighted by Gasteiger charge is 2.26. The lowest BCUT2D eigenvalue weighted by atomic mass is 9.81. The van der Waals surface area contributed by atoms with Crippen molar-refractivity contribution >= 4 is 109 Å². The summed E-state index contributed by atoms with van der Waals surface area (Å²) in [7, 11) is 0. The molecule has 20 rings (SSSR count). The van der Waals surface area contributed by atoms with Gasteiger partial charge in [0.15, 0.2) is 0 Å². The Morgan fingerprint density at radius 3 is 1.16 bits per heavy atom. The molecule has 0 saturated heterocycles. The van der Waals surface area contributed by atoms with Crippen molar-refractivity contribution in [1.82, 2.24) is 0 Å². The van der Waals surface area contributed by atoms with E-state index in [1.165, 1.54) is 126 Å². The molecule has 0 atom stereocenters. The molecule has 454 valence electrons. The molecule has 0 saturated carbocycles. The average molecular weight is 1240 g/mol. The standard InChI is InChI=1S/C96H58O2/c1-2-23-62(24-3-1)84-55-64(51-53-82(84)94-78-38-14-16-40-80(78)95(81-41-17-15-39-79(81)94)88-57-87-72-32-18-19-46-89(72)97-91(87)58-85(88)70-44-21-28-61-26-5-7-30-67(61)70)59-47-49-63(50-48-59)68-42-22-45-83-86-56-65(52-54-90(86)98-96(68)83)92-74-34-10-12-36-76(74)93(77-37-13-11-35-75(77)92)73-33-9-8-31-71(73)69-43-20-27-60-25-4-6-29-66(60)69/h1-58H. The molecule has 20 aromatic rings. The summed E-state index contributed by atoms with van der Waals surface area (Å²) >= 11 is 0. The summed E-state index contributed by atoms with van der Waals surface area (Å²) in [4.78, 5) is 0. The third-order valence-corrected chi connectivity index (χ3v) is 20.7. The van der Waals surface area contributed by atoms with Gasteiger partial charge in [-0.3, -0.25) is 0 Å². The number of fused-ring (bicyclic) bond motifs is 12. The Kier molecular flexibility index (Phi) is 12.7. The van der Waals surface area contributed by atoms with Crippen LogP contribution in [-0.2, 0) is 0 Å². The highest BCUT2D eigenvalue weighted by molar-refractivity contribution is 6.27. The number of hydrogen-bond acceptors (Lipinski definition) is 2. The number of rotatable bonds is 9. The van der Waals surface area contributed by atoms with Crippen LogP contribution in [0.1, 0.15) is 0 Å². The van der Waals surface area contributed by atoms with E-state index in [1.54, 1.807) is 0 Å². The summed E-state index contributed by atoms with van der Waals surface area (Å²) in [6.45, 7) is 0. The minimum atomic E-state index is 0.862. The van der Waals surface area contributed by atoms with Crippen molar-refractivity contribution in [2.75, 3.05) is 0 Å². The lowest BCUT2D eigenvalue weighted by Gasteiger charge is -2.22. The fraction of sp³-hybridized carbons (Fsp3) is 0. The van der Waals surface area contributed by atoms with Gasteiger partial charge in [-0.1, -0.05) is 315 Å². The molecule has 0 N–H and O–H groups in total. The Hall–Kier alpha value is -12.9. The van der Waals surface area contributed by atoms with Gasteiger partial charge in [0.05, 0.1) is 0 Å². The molecule has 2 nitrogen and oxygen atoms in total. The molecule has 0 bridgehead atoms. The Morgan fingerprint density at radius 1 is 0.143 bits per heavy atom. The highest BCUT2D eigenvalue weighted by Crippen LogP contribution is 2.53. The van der Waals surface area contributed by atoms with E-state index < -0.39 is 0 Å². The maximum atomic E-state index is 6.96. The van der Waals surface area contributed by atoms with Gasteiger partial charge in [0, 0.05) is 27.1 Å². The molecular weight excluding hydrogens is 1190 g/mol. The van der Waals surface area contributed by atoms with Crippen molar-refractivity contribution in [1.29, 1.82) is 0 Å². The van der Waals surface area contributed by atoms with Gasteiger partial charge >= 0.3 is 0 Å². The number of furan rings is 2. The lowest BCUT2D eigenvalue weighted by Crippen LogP contribution is -1.95. The molecule has 0 spiro atoms. The van der Waals surface area contributed by atoms with E-state index in [0.717, 1.165) is 82.8 Å². The van der Waals surface area contributed by atoms with Gasteiger partial charge in [-0.25, -0.2) is 0 Å². The summed E-state index contributed by atoms with van der Waals surface area (Å²) < 4.78 is 13.6. The summed E-state index contributed by atoms with van der Waals surface area (Å²) in [5.41, 5.74) is 24.6. The zero-order valence-corrected chi connectivity index (χ0v) is 53.3. The SMILES string of the molecule is c1ccc(-c2cc(-c3ccc(-c4cccc5c4oc4ccc(-c6c7ccccc7c(-c7ccccc7-c7cccc8ccccc78)c7ccccc67)cc45)cc3)ccc2-c2c3ccccc3c(-c3cc4c(cc3-c3cccc5ccccc35)oc3ccccc34)c3ccccc23)cc1. The van der Waals surface area contributed by atoms with Crippen LogP contribution in [0, 0.1) is 0 Å². The number of benzene rings is 18. The molecule has 18 aromatic carbocycles. The minimum absolute atomic E-state index is 0.862. The number of para-hydroxylation sites is 2. The fourth-order valence-electron chi connectivity index (χ4n) is 16.3. The van der Waals surface area contributed by atoms with Gasteiger partial charge in [0.2, 0.25) is 0 Å². The Labute approximate surface area is 565 Å². The van der Waals surface area contributed by atoms with Crippen molar-refractivity contribution < 1.29 is 8.83 Å². The zero-order chi connectivity index (χ0) is 64.4. The van der Waals surface area contributed by atoms with Crippen LogP contribution in [0.5, 0.6) is 0 Å². The maximum Gasteiger partial charge on any atom is 0.143 e. The monoisotopic (exact) mass is 1240 g/mol. The van der Waals surface area contributed by atoms with E-state index in [0.29, 0.717) is 0 Å². The average Bonchev–Trinajstić information content (AvgIpc) is 0.979. The van der Waals surface area contributed by atoms with Crippen LogP contribution in [0.3, 0.4) is 0 Å². The van der Waals surface area contributed by atoms with Crippen molar-refractivity contribution in [2.24, 2.45) is 0 Å². The second-order valence-electron chi connectivity index (χ2n) is 26.0. The molecule has 0 radical (unpaired) electrons. The first-order valence-electron chi connectivity index (χ1n) is 33.8. The molecule has 0 aliphatic rings. The van der Waals surface area contributed by atoms with Crippen LogP contribution in [0.15, 0.2) is 361 Å². The predicted octanol–water partition coefficient (Wildman–Crippen LogP) is 27.4. The van der Waals surface area contributed by atoms with Gasteiger partial charge in [0.25, 0.3) is 0 Å². The second-order valence-corrected chi connectivity index (χ2v) is 26.0. The Morgan fingerprint density at radius 2 is 0.541 bits per heavy atom. The largest absolute Gasteiger partial charge is 0.456 e. The summed E-state index contributed by atoms with van der Waals surface area (Å²) in [5.74, 6) is 0. The van der Waals surface area contributed by atoms with Crippen molar-refractivity contribution in [3.05, 3.63) is 352 Å². The zero-order valence-electron chi connectivity index (χ0n) is 53.3. The lowest BCUT2D eigenvalue weighted by molar-refractivity contribution is 0.669. The van der Waals surface area contributed by atoms with E-state index in [1.807, 2.05) is 0 Å². The molecule has 0 fully saturated rings. The highest BCUT2D eigenvalue weighted by atomic mass is 16.3. The van der Waals surface area contributed by atoms with Gasteiger partial charge < -0.3 is 8.83 Å². The Balaban J connectivity index is 0.695. The van der Waals surface area contributed by atoms with Crippen LogP contribution < -0.4 is 0 Å². The minimum Gasteiger partial charge on any atom is -0.456 e. The van der Waals surface area contributed by atoms with Crippen LogP contribution in [0.4, 0.5) is 0 Å². The van der Waals surface area contributed by atoms with Crippen molar-refractivity contribution in [2.45, 2.75) is 0 Å². The molecule has 0 unspecified atom stereocenters. The topological polar surface area (TPSA) is 26.3 Å². The first kappa shape index (κ1) is 55.6. The number of hydrogen-bond donors (Lipinski definition) is 0. The molecule has 0 aliphatic heterocycles. The first-order valence-corrected chi connectivity index (χ1v) is 33.8. The quantitative estimate of drug-likeness (QED) is 0.135. The van der Waals surface area contributed by atoms with Gasteiger partial charge in [-0.15, -0.1) is 0 Å². The smallest absolute Gasteiger partial charge is 0.143 e. The van der Waals surface area contributed by atoms with Crippen LogP contribution in [-0.4, -0.2) is 0 Å². The normalized spacial score (nSPS) is 11.9. The molecule has 2 aromatic heterocycles. The molecule has 0 amide bonds. The summed E-state index contributed by atoms with van der Waals surface area (Å²) in [6, 6.07) is 129. The van der Waals surface area contributed by atoms with E-state index in [9.17, 15) is 0 Å². The van der Waals surface area contributed by atoms with E-state index >= 15 is 0 Å². The summed E-state index contributed by atoms with van der Waals surface area (Å²) in [6.07, 6.45) is 0. The molecular formula is C96H58O2. The summed E-state index contributed by atoms with van der Waals surface area (Å²) in [5, 5.41) is 18.9. The van der Waals surface area contributed by atoms with E-state index in [4.69, 9.17) is 8.83 Å². The van der Waals surface area contributed by atoms with Crippen LogP contribution in [0.25, 0.3) is 209 Å². The molecule has 2 heterocycles. The van der Waals surface area contributed by atoms with Gasteiger partial charge in [-0.05, 0) is 196 Å². The van der Waals surface area contributed by atoms with Crippen LogP contribution in [0.2, 0.25) is 0 Å². The molecule has 2 heteroatoms. The van der Waals surface area contributed by atoms with Crippen LogP contribution >= 0.6 is 0 Å². The third kappa shape index (κ3) is 8.75. The van der Waals surface area contributed by atoms with Gasteiger partial charge in [0.1, 0.15) is 22.3 Å². The third-order valence-electron chi connectivity index (χ3n) is 20.7. The second kappa shape index (κ2) is 22.4. The molecule has 0 aliphatic carbocycles. The Bertz CT molecular complexity index is 6540. The maximum absolute atomic E-state index is 6.96. The van der Waals surface area contributed by atoms with E-state index in [2.05, 4.69) is 352 Å². The van der Waals surface area contributed by atoms with Gasteiger partial charge in [-0.2, -0.15) is 0 Å².